The molecule has 0 amide bonds. The molecule has 3 heteroatoms. The summed E-state index contributed by atoms with van der Waals surface area (Å²) in [6, 6.07) is 0. The highest BCUT2D eigenvalue weighted by Gasteiger charge is 2.14. The lowest BCUT2D eigenvalue weighted by molar-refractivity contribution is 0.155. The van der Waals surface area contributed by atoms with Crippen LogP contribution in [-0.2, 0) is 0 Å². The first-order chi connectivity index (χ1) is 5.95. The average Bonchev–Trinajstić information content (AvgIpc) is 2.59. The van der Waals surface area contributed by atoms with Crippen LogP contribution in [0.4, 0.5) is 0 Å². The van der Waals surface area contributed by atoms with Crippen molar-refractivity contribution in [3.05, 3.63) is 12.4 Å². The third-order valence-corrected chi connectivity index (χ3v) is 2.33. The number of H-pyrrole nitrogens is 1. The second-order valence-electron chi connectivity index (χ2n) is 3.31. The van der Waals surface area contributed by atoms with Crippen molar-refractivity contribution in [1.29, 1.82) is 0 Å². The molecule has 0 atom stereocenters. The van der Waals surface area contributed by atoms with Crippen molar-refractivity contribution in [1.82, 2.24) is 10.2 Å². The Bertz CT molecular complexity index is 214. The summed E-state index contributed by atoms with van der Waals surface area (Å²) in [4.78, 5) is 0. The minimum atomic E-state index is 0.427. The summed E-state index contributed by atoms with van der Waals surface area (Å²) in [5, 5.41) is 6.58. The summed E-state index contributed by atoms with van der Waals surface area (Å²) in [5.74, 6) is 0.877. The predicted octanol–water partition coefficient (Wildman–Crippen LogP) is 2.12. The first-order valence-corrected chi connectivity index (χ1v) is 4.60. The van der Waals surface area contributed by atoms with E-state index in [2.05, 4.69) is 10.2 Å². The second-order valence-corrected chi connectivity index (χ2v) is 3.31. The van der Waals surface area contributed by atoms with Gasteiger partial charge in [-0.1, -0.05) is 6.42 Å². The zero-order chi connectivity index (χ0) is 8.23. The van der Waals surface area contributed by atoms with Crippen LogP contribution in [0.2, 0.25) is 0 Å². The molecule has 0 radical (unpaired) electrons. The van der Waals surface area contributed by atoms with E-state index in [0.717, 1.165) is 5.75 Å². The quantitative estimate of drug-likeness (QED) is 0.730. The lowest BCUT2D eigenvalue weighted by atomic mass is 9.98. The lowest BCUT2D eigenvalue weighted by Crippen LogP contribution is -2.19. The molecule has 1 saturated carbocycles. The Kier molecular flexibility index (Phi) is 2.30. The number of aromatic amines is 1. The fourth-order valence-electron chi connectivity index (χ4n) is 1.68. The Labute approximate surface area is 72.1 Å². The van der Waals surface area contributed by atoms with Crippen LogP contribution in [-0.4, -0.2) is 16.3 Å². The molecule has 66 valence electrons. The summed E-state index contributed by atoms with van der Waals surface area (Å²) in [6.07, 6.45) is 10.3. The Hall–Kier alpha value is -0.990. The zero-order valence-corrected chi connectivity index (χ0v) is 7.12. The first kappa shape index (κ1) is 7.65. The largest absolute Gasteiger partial charge is 0.487 e. The van der Waals surface area contributed by atoms with Crippen LogP contribution in [0, 0.1) is 0 Å². The molecule has 1 aromatic heterocycles. The van der Waals surface area contributed by atoms with Crippen molar-refractivity contribution in [2.45, 2.75) is 38.2 Å². The first-order valence-electron chi connectivity index (χ1n) is 4.60. The second kappa shape index (κ2) is 3.61. The number of nitrogens with one attached hydrogen (secondary N) is 1. The number of rotatable bonds is 2. The molecule has 0 saturated heterocycles. The van der Waals surface area contributed by atoms with Gasteiger partial charge < -0.3 is 4.74 Å². The van der Waals surface area contributed by atoms with Gasteiger partial charge in [0.15, 0.2) is 5.75 Å². The lowest BCUT2D eigenvalue weighted by Gasteiger charge is -2.21. The minimum absolute atomic E-state index is 0.427. The molecule has 1 aliphatic rings. The van der Waals surface area contributed by atoms with E-state index in [4.69, 9.17) is 4.74 Å². The van der Waals surface area contributed by atoms with Crippen molar-refractivity contribution < 1.29 is 4.74 Å². The average molecular weight is 166 g/mol. The van der Waals surface area contributed by atoms with Crippen LogP contribution in [0.1, 0.15) is 32.1 Å². The van der Waals surface area contributed by atoms with Crippen molar-refractivity contribution in [2.75, 3.05) is 0 Å². The van der Waals surface area contributed by atoms with Gasteiger partial charge in [-0.3, -0.25) is 5.10 Å². The van der Waals surface area contributed by atoms with E-state index in [0.29, 0.717) is 6.10 Å². The smallest absolute Gasteiger partial charge is 0.157 e. The van der Waals surface area contributed by atoms with Crippen molar-refractivity contribution in [2.24, 2.45) is 0 Å². The van der Waals surface area contributed by atoms with E-state index in [1.54, 1.807) is 12.4 Å². The van der Waals surface area contributed by atoms with E-state index in [1.165, 1.54) is 32.1 Å². The maximum atomic E-state index is 5.70. The topological polar surface area (TPSA) is 37.9 Å². The molecule has 1 fully saturated rings. The molecule has 0 spiro atoms. The van der Waals surface area contributed by atoms with Gasteiger partial charge in [0.1, 0.15) is 0 Å². The maximum absolute atomic E-state index is 5.70. The molecule has 1 aromatic rings. The molecular weight excluding hydrogens is 152 g/mol. The normalized spacial score (nSPS) is 19.3. The minimum Gasteiger partial charge on any atom is -0.487 e. The molecule has 0 aliphatic heterocycles. The van der Waals surface area contributed by atoms with Crippen molar-refractivity contribution in [3.63, 3.8) is 0 Å². The maximum Gasteiger partial charge on any atom is 0.157 e. The third kappa shape index (κ3) is 1.78. The van der Waals surface area contributed by atoms with Crippen LogP contribution >= 0.6 is 0 Å². The van der Waals surface area contributed by atoms with Gasteiger partial charge in [-0.25, -0.2) is 0 Å². The fourth-order valence-corrected chi connectivity index (χ4v) is 1.68. The number of hydrogen-bond acceptors (Lipinski definition) is 2. The molecule has 0 aromatic carbocycles. The van der Waals surface area contributed by atoms with Gasteiger partial charge in [0.05, 0.1) is 18.5 Å². The van der Waals surface area contributed by atoms with Crippen LogP contribution in [0.3, 0.4) is 0 Å². The molecule has 0 unspecified atom stereocenters. The SMILES string of the molecule is c1n[nH]cc1OC1CCCCC1. The highest BCUT2D eigenvalue weighted by Crippen LogP contribution is 2.22. The summed E-state index contributed by atoms with van der Waals surface area (Å²) in [5.41, 5.74) is 0. The van der Waals surface area contributed by atoms with Crippen molar-refractivity contribution in [3.8, 4) is 5.75 Å². The molecule has 1 heterocycles. The van der Waals surface area contributed by atoms with E-state index in [9.17, 15) is 0 Å². The van der Waals surface area contributed by atoms with Crippen LogP contribution < -0.4 is 4.74 Å². The van der Waals surface area contributed by atoms with Gasteiger partial charge in [-0.05, 0) is 25.7 Å². The third-order valence-electron chi connectivity index (χ3n) is 2.33. The molecule has 0 bridgehead atoms. The van der Waals surface area contributed by atoms with Gasteiger partial charge in [-0.2, -0.15) is 5.10 Å². The molecule has 1 aliphatic carbocycles. The van der Waals surface area contributed by atoms with Crippen LogP contribution in [0.25, 0.3) is 0 Å². The standard InChI is InChI=1S/C9H14N2O/c1-2-4-8(5-3-1)12-9-6-10-11-7-9/h6-8H,1-5H2,(H,10,11). The molecule has 3 nitrogen and oxygen atoms in total. The van der Waals surface area contributed by atoms with Crippen LogP contribution in [0.15, 0.2) is 12.4 Å². The zero-order valence-electron chi connectivity index (χ0n) is 7.12. The number of aromatic nitrogens is 2. The predicted molar refractivity (Wildman–Crippen MR) is 46.1 cm³/mol. The van der Waals surface area contributed by atoms with Gasteiger partial charge in [0.25, 0.3) is 0 Å². The van der Waals surface area contributed by atoms with E-state index < -0.39 is 0 Å². The summed E-state index contributed by atoms with van der Waals surface area (Å²) in [6.45, 7) is 0. The fraction of sp³-hybridized carbons (Fsp3) is 0.667. The van der Waals surface area contributed by atoms with Crippen LogP contribution in [0.5, 0.6) is 5.75 Å². The van der Waals surface area contributed by atoms with Gasteiger partial charge >= 0.3 is 0 Å². The Balaban J connectivity index is 1.86. The summed E-state index contributed by atoms with van der Waals surface area (Å²) < 4.78 is 5.70. The number of nitrogens with zero attached hydrogens (tertiary/aromatic N) is 1. The van der Waals surface area contributed by atoms with Gasteiger partial charge in [-0.15, -0.1) is 0 Å². The summed E-state index contributed by atoms with van der Waals surface area (Å²) >= 11 is 0. The monoisotopic (exact) mass is 166 g/mol. The molecule has 12 heavy (non-hydrogen) atoms. The highest BCUT2D eigenvalue weighted by molar-refractivity contribution is 5.10. The Morgan fingerprint density at radius 1 is 1.33 bits per heavy atom. The Morgan fingerprint density at radius 3 is 2.83 bits per heavy atom. The molecular formula is C9H14N2O. The molecule has 1 N–H and O–H groups in total. The van der Waals surface area contributed by atoms with Crippen molar-refractivity contribution >= 4 is 0 Å². The van der Waals surface area contributed by atoms with E-state index >= 15 is 0 Å². The van der Waals surface area contributed by atoms with Gasteiger partial charge in [0, 0.05) is 0 Å². The number of hydrogen-bond donors (Lipinski definition) is 1. The number of ether oxygens (including phenoxy) is 1. The van der Waals surface area contributed by atoms with E-state index in [-0.39, 0.29) is 0 Å². The highest BCUT2D eigenvalue weighted by atomic mass is 16.5. The Morgan fingerprint density at radius 2 is 2.17 bits per heavy atom. The summed E-state index contributed by atoms with van der Waals surface area (Å²) in [7, 11) is 0. The van der Waals surface area contributed by atoms with E-state index in [1.807, 2.05) is 0 Å². The molecule has 2 rings (SSSR count). The van der Waals surface area contributed by atoms with Gasteiger partial charge in [0.2, 0.25) is 0 Å².